The summed E-state index contributed by atoms with van der Waals surface area (Å²) in [5.74, 6) is 5.89. The van der Waals surface area contributed by atoms with E-state index in [-0.39, 0.29) is 35.3 Å². The molecular formula is C29H40N2O5S. The molecule has 37 heavy (non-hydrogen) atoms. The first-order chi connectivity index (χ1) is 17.5. The minimum atomic E-state index is -0.529. The Morgan fingerprint density at radius 2 is 1.92 bits per heavy atom. The van der Waals surface area contributed by atoms with Crippen LogP contribution in [0.5, 0.6) is 0 Å². The van der Waals surface area contributed by atoms with E-state index in [0.29, 0.717) is 46.5 Å². The van der Waals surface area contributed by atoms with Crippen LogP contribution in [0.25, 0.3) is 0 Å². The van der Waals surface area contributed by atoms with Gasteiger partial charge in [-0.1, -0.05) is 25.7 Å². The topological polar surface area (TPSA) is 84.9 Å². The fraction of sp³-hybridized carbons (Fsp3) is 0.690. The summed E-state index contributed by atoms with van der Waals surface area (Å²) in [7, 11) is 1.33. The second-order valence-electron chi connectivity index (χ2n) is 11.8. The number of nitrogens with one attached hydrogen (secondary N) is 1. The molecule has 0 spiro atoms. The van der Waals surface area contributed by atoms with E-state index in [1.165, 1.54) is 18.4 Å². The maximum absolute atomic E-state index is 13.9. The number of ether oxygens (including phenoxy) is 2. The van der Waals surface area contributed by atoms with Gasteiger partial charge in [-0.15, -0.1) is 11.3 Å². The van der Waals surface area contributed by atoms with Crippen LogP contribution in [-0.4, -0.2) is 55.1 Å². The highest BCUT2D eigenvalue weighted by Gasteiger charge is 2.44. The van der Waals surface area contributed by atoms with Gasteiger partial charge in [0.15, 0.2) is 0 Å². The molecule has 1 aromatic rings. The summed E-state index contributed by atoms with van der Waals surface area (Å²) >= 11 is 1.21. The van der Waals surface area contributed by atoms with Crippen LogP contribution in [0.3, 0.4) is 0 Å². The SMILES string of the molecule is CC[C@@H](C(=O)N1CC2CC1CO2)c1c(C#CC(C)(C)C)sc(C(=O)OC)c1NC(=O)[C@H]1CC[C@H](C)CC1. The Balaban J connectivity index is 1.78. The highest BCUT2D eigenvalue weighted by molar-refractivity contribution is 7.15. The van der Waals surface area contributed by atoms with E-state index in [1.807, 2.05) is 32.6 Å². The van der Waals surface area contributed by atoms with Gasteiger partial charge in [0.1, 0.15) is 4.88 Å². The average molecular weight is 529 g/mol. The van der Waals surface area contributed by atoms with Crippen molar-refractivity contribution in [3.8, 4) is 11.8 Å². The largest absolute Gasteiger partial charge is 0.465 e. The van der Waals surface area contributed by atoms with Gasteiger partial charge in [0.25, 0.3) is 0 Å². The number of fused-ring (bicyclic) bond motifs is 2. The summed E-state index contributed by atoms with van der Waals surface area (Å²) in [6.07, 6.45) is 5.14. The molecule has 3 aliphatic rings. The standard InChI is InChI=1S/C29H40N2O5S/c1-7-21(27(33)31-15-20-14-19(31)16-36-20)23-22(12-13-29(3,4)5)37-25(28(34)35-6)24(23)30-26(32)18-10-8-17(2)9-11-18/h17-21H,7-11,14-16H2,1-6H3,(H,30,32)/t17-,18-,19?,20?,21-/m1/s1. The predicted octanol–water partition coefficient (Wildman–Crippen LogP) is 5.19. The average Bonchev–Trinajstić information content (AvgIpc) is 3.58. The highest BCUT2D eigenvalue weighted by Crippen LogP contribution is 2.43. The van der Waals surface area contributed by atoms with Gasteiger partial charge < -0.3 is 19.7 Å². The van der Waals surface area contributed by atoms with E-state index < -0.39 is 11.9 Å². The fourth-order valence-electron chi connectivity index (χ4n) is 5.59. The lowest BCUT2D eigenvalue weighted by Gasteiger charge is -2.31. The molecule has 0 aromatic carbocycles. The summed E-state index contributed by atoms with van der Waals surface area (Å²) in [6, 6.07) is 0.0802. The molecule has 0 radical (unpaired) electrons. The van der Waals surface area contributed by atoms with Crippen molar-refractivity contribution >= 4 is 34.8 Å². The second-order valence-corrected chi connectivity index (χ2v) is 12.8. The number of carbonyl (C=O) groups excluding carboxylic acids is 3. The first-order valence-corrected chi connectivity index (χ1v) is 14.3. The van der Waals surface area contributed by atoms with Gasteiger partial charge >= 0.3 is 5.97 Å². The van der Waals surface area contributed by atoms with Crippen LogP contribution in [-0.2, 0) is 19.1 Å². The van der Waals surface area contributed by atoms with E-state index >= 15 is 0 Å². The van der Waals surface area contributed by atoms with Crippen LogP contribution >= 0.6 is 11.3 Å². The number of amides is 2. The zero-order valence-electron chi connectivity index (χ0n) is 22.9. The van der Waals surface area contributed by atoms with Crippen molar-refractivity contribution in [3.05, 3.63) is 15.3 Å². The van der Waals surface area contributed by atoms with Gasteiger partial charge in [0.05, 0.1) is 42.3 Å². The van der Waals surface area contributed by atoms with Crippen molar-refractivity contribution in [1.29, 1.82) is 0 Å². The van der Waals surface area contributed by atoms with Crippen molar-refractivity contribution in [3.63, 3.8) is 0 Å². The molecular weight excluding hydrogens is 488 g/mol. The number of likely N-dealkylation sites (tertiary alicyclic amines) is 1. The van der Waals surface area contributed by atoms with Crippen molar-refractivity contribution in [2.24, 2.45) is 17.3 Å². The Labute approximate surface area is 224 Å². The van der Waals surface area contributed by atoms with Gasteiger partial charge in [-0.3, -0.25) is 9.59 Å². The molecule has 2 saturated heterocycles. The van der Waals surface area contributed by atoms with Crippen molar-refractivity contribution in [2.45, 2.75) is 91.2 Å². The quantitative estimate of drug-likeness (QED) is 0.406. The maximum atomic E-state index is 13.9. The third-order valence-electron chi connectivity index (χ3n) is 7.74. The number of morpholine rings is 1. The molecule has 1 saturated carbocycles. The summed E-state index contributed by atoms with van der Waals surface area (Å²) in [6.45, 7) is 11.4. The van der Waals surface area contributed by atoms with Crippen molar-refractivity contribution in [1.82, 2.24) is 4.90 Å². The third-order valence-corrected chi connectivity index (χ3v) is 8.84. The lowest BCUT2D eigenvalue weighted by atomic mass is 9.82. The molecule has 202 valence electrons. The monoisotopic (exact) mass is 528 g/mol. The smallest absolute Gasteiger partial charge is 0.350 e. The highest BCUT2D eigenvalue weighted by atomic mass is 32.1. The minimum absolute atomic E-state index is 0.00770. The molecule has 2 aliphatic heterocycles. The lowest BCUT2D eigenvalue weighted by Crippen LogP contribution is -2.44. The maximum Gasteiger partial charge on any atom is 0.350 e. The number of thiophene rings is 1. The number of nitrogens with zero attached hydrogens (tertiary/aromatic N) is 1. The molecule has 4 rings (SSSR count). The zero-order chi connectivity index (χ0) is 26.9. The van der Waals surface area contributed by atoms with E-state index in [9.17, 15) is 14.4 Å². The zero-order valence-corrected chi connectivity index (χ0v) is 23.8. The van der Waals surface area contributed by atoms with Crippen LogP contribution < -0.4 is 5.32 Å². The van der Waals surface area contributed by atoms with Gasteiger partial charge in [0.2, 0.25) is 11.8 Å². The first-order valence-electron chi connectivity index (χ1n) is 13.5. The Morgan fingerprint density at radius 1 is 1.22 bits per heavy atom. The Hall–Kier alpha value is -2.37. The molecule has 2 unspecified atom stereocenters. The Kier molecular flexibility index (Phi) is 8.35. The summed E-state index contributed by atoms with van der Waals surface area (Å²) in [5.41, 5.74) is 0.779. The second kappa shape index (κ2) is 11.2. The number of anilines is 1. The summed E-state index contributed by atoms with van der Waals surface area (Å²) < 4.78 is 10.8. The first kappa shape index (κ1) is 27.7. The molecule has 3 fully saturated rings. The van der Waals surface area contributed by atoms with Gasteiger partial charge in [0, 0.05) is 23.4 Å². The summed E-state index contributed by atoms with van der Waals surface area (Å²) in [4.78, 5) is 43.2. The number of methoxy groups -OCH3 is 1. The van der Waals surface area contributed by atoms with Gasteiger partial charge in [-0.05, 0) is 65.2 Å². The van der Waals surface area contributed by atoms with E-state index in [4.69, 9.17) is 9.47 Å². The van der Waals surface area contributed by atoms with Crippen molar-refractivity contribution in [2.75, 3.05) is 25.6 Å². The molecule has 2 bridgehead atoms. The van der Waals surface area contributed by atoms with Gasteiger partial charge in [-0.2, -0.15) is 0 Å². The van der Waals surface area contributed by atoms with Crippen LogP contribution in [0.1, 0.15) is 99.2 Å². The predicted molar refractivity (Wildman–Crippen MR) is 145 cm³/mol. The number of carbonyl (C=O) groups is 3. The molecule has 7 nitrogen and oxygen atoms in total. The normalized spacial score (nSPS) is 25.8. The molecule has 1 aromatic heterocycles. The molecule has 1 aliphatic carbocycles. The number of esters is 1. The van der Waals surface area contributed by atoms with Crippen molar-refractivity contribution < 1.29 is 23.9 Å². The Bertz CT molecular complexity index is 1100. The molecule has 1 N–H and O–H groups in total. The van der Waals surface area contributed by atoms with Crippen LogP contribution in [0.15, 0.2) is 0 Å². The van der Waals surface area contributed by atoms with Crippen LogP contribution in [0.2, 0.25) is 0 Å². The molecule has 8 heteroatoms. The molecule has 3 atom stereocenters. The fourth-order valence-corrected chi connectivity index (χ4v) is 6.68. The number of hydrogen-bond acceptors (Lipinski definition) is 6. The van der Waals surface area contributed by atoms with E-state index in [0.717, 1.165) is 32.1 Å². The Morgan fingerprint density at radius 3 is 2.46 bits per heavy atom. The van der Waals surface area contributed by atoms with Crippen LogP contribution in [0.4, 0.5) is 5.69 Å². The van der Waals surface area contributed by atoms with E-state index in [2.05, 4.69) is 24.1 Å². The van der Waals surface area contributed by atoms with E-state index in [1.54, 1.807) is 0 Å². The van der Waals surface area contributed by atoms with Gasteiger partial charge in [-0.25, -0.2) is 4.79 Å². The number of hydrogen-bond donors (Lipinski definition) is 1. The number of rotatable bonds is 6. The van der Waals surface area contributed by atoms with Crippen LogP contribution in [0, 0.1) is 29.1 Å². The molecule has 2 amide bonds. The molecule has 3 heterocycles. The minimum Gasteiger partial charge on any atom is -0.465 e. The third kappa shape index (κ3) is 6.04. The summed E-state index contributed by atoms with van der Waals surface area (Å²) in [5, 5.41) is 3.10. The lowest BCUT2D eigenvalue weighted by molar-refractivity contribution is -0.137.